The lowest BCUT2D eigenvalue weighted by molar-refractivity contribution is -0.117. The number of ether oxygens (including phenoxy) is 1. The minimum absolute atomic E-state index is 0.0416. The molecule has 1 aliphatic heterocycles. The Hall–Kier alpha value is -5.37. The second-order valence-corrected chi connectivity index (χ2v) is 10.5. The summed E-state index contributed by atoms with van der Waals surface area (Å²) in [4.78, 5) is 47.0. The van der Waals surface area contributed by atoms with Crippen LogP contribution in [0.2, 0.25) is 0 Å². The minimum atomic E-state index is -0.670. The molecule has 6 rings (SSSR count). The number of nitrogens with zero attached hydrogens (tertiary/aromatic N) is 7. The van der Waals surface area contributed by atoms with Crippen molar-refractivity contribution in [3.8, 4) is 17.1 Å². The lowest BCUT2D eigenvalue weighted by atomic mass is 10.1. The molecule has 5 aromatic rings. The fraction of sp³-hybridized carbons (Fsp3) is 0.276. The van der Waals surface area contributed by atoms with Gasteiger partial charge in [-0.1, -0.05) is 12.1 Å². The Morgan fingerprint density at radius 1 is 1.19 bits per heavy atom. The number of para-hydroxylation sites is 1. The third-order valence-corrected chi connectivity index (χ3v) is 7.32. The molecule has 1 atom stereocenters. The van der Waals surface area contributed by atoms with Crippen molar-refractivity contribution in [3.63, 3.8) is 0 Å². The molecule has 14 heteroatoms. The van der Waals surface area contributed by atoms with Crippen molar-refractivity contribution in [2.24, 2.45) is 12.8 Å². The van der Waals surface area contributed by atoms with Crippen molar-refractivity contribution in [3.05, 3.63) is 66.0 Å². The van der Waals surface area contributed by atoms with Crippen LogP contribution in [0.1, 0.15) is 28.2 Å². The Morgan fingerprint density at radius 2 is 2.05 bits per heavy atom. The summed E-state index contributed by atoms with van der Waals surface area (Å²) in [6.45, 7) is 5.35. The van der Waals surface area contributed by atoms with Crippen LogP contribution in [-0.4, -0.2) is 77.2 Å². The first-order chi connectivity index (χ1) is 20.7. The standard InChI is InChI=1S/C29H31N11O3/c1-16-10-33-29(36-23-9-17(2)39(3)38-23)37-26(16)20-11-32-27-19(20)5-4-6-21(27)34-24(41)15-40-8-7-18(14-40)43-25-13-31-12-22(35-25)28(30)42/h4-6,9-13,18,32H,7-8,14-15H2,1-3H3,(H2,30,42)(H,34,41)(H,33,36,37,38)/t18-/m0/s1. The van der Waals surface area contributed by atoms with Crippen LogP contribution in [-0.2, 0) is 11.8 Å². The number of rotatable bonds is 9. The fourth-order valence-electron chi connectivity index (χ4n) is 5.09. The number of H-pyrrole nitrogens is 1. The molecular weight excluding hydrogens is 550 g/mol. The van der Waals surface area contributed by atoms with Gasteiger partial charge < -0.3 is 26.1 Å². The molecule has 5 N–H and O–H groups in total. The number of nitrogens with one attached hydrogen (secondary N) is 3. The highest BCUT2D eigenvalue weighted by Gasteiger charge is 2.26. The monoisotopic (exact) mass is 581 g/mol. The van der Waals surface area contributed by atoms with Crippen LogP contribution in [0.5, 0.6) is 5.88 Å². The maximum Gasteiger partial charge on any atom is 0.269 e. The quantitative estimate of drug-likeness (QED) is 0.202. The second kappa shape index (κ2) is 11.5. The summed E-state index contributed by atoms with van der Waals surface area (Å²) in [6.07, 6.45) is 6.93. The van der Waals surface area contributed by atoms with Crippen molar-refractivity contribution in [1.82, 2.24) is 39.6 Å². The number of amides is 2. The molecule has 0 aliphatic carbocycles. The summed E-state index contributed by atoms with van der Waals surface area (Å²) in [7, 11) is 1.88. The maximum atomic E-state index is 13.1. The average Bonchev–Trinajstić information content (AvgIpc) is 3.69. The van der Waals surface area contributed by atoms with Gasteiger partial charge in [0.05, 0.1) is 35.8 Å². The van der Waals surface area contributed by atoms with Crippen LogP contribution in [0.4, 0.5) is 17.5 Å². The number of aryl methyl sites for hydroxylation is 3. The summed E-state index contributed by atoms with van der Waals surface area (Å²) in [6, 6.07) is 7.69. The third-order valence-electron chi connectivity index (χ3n) is 7.32. The van der Waals surface area contributed by atoms with Gasteiger partial charge in [-0.3, -0.25) is 24.2 Å². The molecule has 1 fully saturated rings. The number of aromatic amines is 1. The minimum Gasteiger partial charge on any atom is -0.472 e. The molecule has 0 saturated carbocycles. The van der Waals surface area contributed by atoms with Gasteiger partial charge in [0.1, 0.15) is 11.8 Å². The SMILES string of the molecule is Cc1cnc(Nc2cc(C)n(C)n2)nc1-c1c[nH]c2c(NC(=O)CN3CC[C@H](Oc4cncc(C(N)=O)n4)C3)cccc12. The first kappa shape index (κ1) is 27.8. The van der Waals surface area contributed by atoms with Crippen LogP contribution >= 0.6 is 0 Å². The first-order valence-corrected chi connectivity index (χ1v) is 13.8. The predicted octanol–water partition coefficient (Wildman–Crippen LogP) is 2.70. The molecule has 0 spiro atoms. The van der Waals surface area contributed by atoms with Gasteiger partial charge in [-0.15, -0.1) is 0 Å². The van der Waals surface area contributed by atoms with Gasteiger partial charge in [-0.05, 0) is 31.9 Å². The van der Waals surface area contributed by atoms with Gasteiger partial charge in [0.25, 0.3) is 5.91 Å². The average molecular weight is 582 g/mol. The summed E-state index contributed by atoms with van der Waals surface area (Å²) in [5, 5.41) is 11.6. The summed E-state index contributed by atoms with van der Waals surface area (Å²) in [5.41, 5.74) is 10.4. The number of carbonyl (C=O) groups excluding carboxylic acids is 2. The van der Waals surface area contributed by atoms with E-state index >= 15 is 0 Å². The van der Waals surface area contributed by atoms with Crippen molar-refractivity contribution < 1.29 is 14.3 Å². The number of aromatic nitrogens is 7. The number of hydrogen-bond acceptors (Lipinski definition) is 10. The van der Waals surface area contributed by atoms with E-state index in [1.165, 1.54) is 12.4 Å². The lowest BCUT2D eigenvalue weighted by Gasteiger charge is -2.16. The van der Waals surface area contributed by atoms with Crippen LogP contribution < -0.4 is 21.1 Å². The highest BCUT2D eigenvalue weighted by Crippen LogP contribution is 2.33. The number of primary amides is 1. The highest BCUT2D eigenvalue weighted by atomic mass is 16.5. The summed E-state index contributed by atoms with van der Waals surface area (Å²) >= 11 is 0. The van der Waals surface area contributed by atoms with E-state index < -0.39 is 5.91 Å². The predicted molar refractivity (Wildman–Crippen MR) is 160 cm³/mol. The van der Waals surface area contributed by atoms with Crippen LogP contribution in [0.3, 0.4) is 0 Å². The topological polar surface area (TPSA) is 182 Å². The van der Waals surface area contributed by atoms with Crippen molar-refractivity contribution in [2.75, 3.05) is 30.3 Å². The van der Waals surface area contributed by atoms with E-state index in [0.29, 0.717) is 37.0 Å². The number of fused-ring (bicyclic) bond motifs is 1. The second-order valence-electron chi connectivity index (χ2n) is 10.5. The van der Waals surface area contributed by atoms with Gasteiger partial charge >= 0.3 is 0 Å². The molecule has 0 radical (unpaired) electrons. The van der Waals surface area contributed by atoms with Crippen LogP contribution in [0.25, 0.3) is 22.2 Å². The number of anilines is 3. The smallest absolute Gasteiger partial charge is 0.269 e. The third kappa shape index (κ3) is 5.99. The number of benzene rings is 1. The summed E-state index contributed by atoms with van der Waals surface area (Å²) < 4.78 is 7.66. The van der Waals surface area contributed by atoms with Gasteiger partial charge in [0.15, 0.2) is 5.82 Å². The molecule has 0 unspecified atom stereocenters. The van der Waals surface area contributed by atoms with Crippen molar-refractivity contribution in [2.45, 2.75) is 26.4 Å². The van der Waals surface area contributed by atoms with Crippen molar-refractivity contribution in [1.29, 1.82) is 0 Å². The molecule has 14 nitrogen and oxygen atoms in total. The zero-order chi connectivity index (χ0) is 30.1. The van der Waals surface area contributed by atoms with Gasteiger partial charge in [-0.25, -0.2) is 15.0 Å². The largest absolute Gasteiger partial charge is 0.472 e. The Bertz CT molecular complexity index is 1810. The molecule has 2 amide bonds. The Morgan fingerprint density at radius 3 is 2.84 bits per heavy atom. The highest BCUT2D eigenvalue weighted by molar-refractivity contribution is 6.06. The Balaban J connectivity index is 1.13. The van der Waals surface area contributed by atoms with Gasteiger partial charge in [0, 0.05) is 55.2 Å². The van der Waals surface area contributed by atoms with E-state index in [-0.39, 0.29) is 30.1 Å². The lowest BCUT2D eigenvalue weighted by Crippen LogP contribution is -2.33. The molecule has 1 saturated heterocycles. The zero-order valence-corrected chi connectivity index (χ0v) is 24.0. The van der Waals surface area contributed by atoms with Crippen molar-refractivity contribution >= 4 is 40.2 Å². The maximum absolute atomic E-state index is 13.1. The van der Waals surface area contributed by atoms with E-state index in [1.807, 2.05) is 56.3 Å². The van der Waals surface area contributed by atoms with Crippen LogP contribution in [0, 0.1) is 13.8 Å². The molecule has 1 aliphatic rings. The van der Waals surface area contributed by atoms with E-state index in [0.717, 1.165) is 33.4 Å². The molecular formula is C29H31N11O3. The zero-order valence-electron chi connectivity index (χ0n) is 24.0. The number of hydrogen-bond donors (Lipinski definition) is 4. The Kier molecular flexibility index (Phi) is 7.42. The fourth-order valence-corrected chi connectivity index (χ4v) is 5.09. The van der Waals surface area contributed by atoms with Gasteiger partial charge in [0.2, 0.25) is 17.7 Å². The molecule has 43 heavy (non-hydrogen) atoms. The number of nitrogens with two attached hydrogens (primary N) is 1. The molecule has 4 aromatic heterocycles. The molecule has 220 valence electrons. The first-order valence-electron chi connectivity index (χ1n) is 13.8. The van der Waals surface area contributed by atoms with E-state index in [9.17, 15) is 9.59 Å². The number of carbonyl (C=O) groups is 2. The van der Waals surface area contributed by atoms with Gasteiger partial charge in [-0.2, -0.15) is 5.10 Å². The molecule has 5 heterocycles. The molecule has 0 bridgehead atoms. The normalized spacial score (nSPS) is 15.1. The number of likely N-dealkylation sites (tertiary alicyclic amines) is 1. The van der Waals surface area contributed by atoms with E-state index in [2.05, 4.69) is 35.7 Å². The molecule has 1 aromatic carbocycles. The Labute approximate surface area is 246 Å². The summed E-state index contributed by atoms with van der Waals surface area (Å²) in [5.74, 6) is 0.528. The van der Waals surface area contributed by atoms with E-state index in [1.54, 1.807) is 10.9 Å². The van der Waals surface area contributed by atoms with Crippen LogP contribution in [0.15, 0.2) is 49.1 Å². The van der Waals surface area contributed by atoms with E-state index in [4.69, 9.17) is 15.5 Å².